The third kappa shape index (κ3) is 5.11. The van der Waals surface area contributed by atoms with E-state index in [1.165, 1.54) is 10.4 Å². The Bertz CT molecular complexity index is 956. The zero-order chi connectivity index (χ0) is 19.8. The van der Waals surface area contributed by atoms with E-state index in [-0.39, 0.29) is 11.3 Å². The molecule has 0 fully saturated rings. The van der Waals surface area contributed by atoms with Gasteiger partial charge < -0.3 is 5.32 Å². The summed E-state index contributed by atoms with van der Waals surface area (Å²) in [4.78, 5) is 14.7. The van der Waals surface area contributed by atoms with Crippen molar-refractivity contribution in [1.29, 1.82) is 0 Å². The van der Waals surface area contributed by atoms with E-state index in [1.807, 2.05) is 6.07 Å². The third-order valence-corrected chi connectivity index (χ3v) is 6.80. The predicted octanol–water partition coefficient (Wildman–Crippen LogP) is 4.52. The summed E-state index contributed by atoms with van der Waals surface area (Å²) in [6.45, 7) is 6.83. The van der Waals surface area contributed by atoms with Gasteiger partial charge in [0.2, 0.25) is 10.0 Å². The quantitative estimate of drug-likeness (QED) is 0.784. The number of carbonyl (C=O) groups is 1. The molecule has 2 aromatic rings. The number of fused-ring (bicyclic) bond motifs is 1. The summed E-state index contributed by atoms with van der Waals surface area (Å²) in [5, 5.41) is 2.87. The van der Waals surface area contributed by atoms with Crippen molar-refractivity contribution in [3.8, 4) is 0 Å². The summed E-state index contributed by atoms with van der Waals surface area (Å²) in [6, 6.07) is 8.73. The zero-order valence-electron chi connectivity index (χ0n) is 16.1. The van der Waals surface area contributed by atoms with E-state index >= 15 is 0 Å². The van der Waals surface area contributed by atoms with Crippen LogP contribution in [0.2, 0.25) is 0 Å². The molecule has 1 aromatic carbocycles. The molecule has 0 bridgehead atoms. The van der Waals surface area contributed by atoms with E-state index in [2.05, 4.69) is 30.8 Å². The minimum atomic E-state index is -3.35. The Balaban J connectivity index is 1.73. The maximum atomic E-state index is 12.7. The van der Waals surface area contributed by atoms with Gasteiger partial charge in [0.25, 0.3) is 5.91 Å². The Morgan fingerprint density at radius 2 is 1.89 bits per heavy atom. The number of anilines is 2. The van der Waals surface area contributed by atoms with Crippen LogP contribution in [0.25, 0.3) is 0 Å². The maximum absolute atomic E-state index is 12.7. The van der Waals surface area contributed by atoms with Gasteiger partial charge in [-0.3, -0.25) is 9.52 Å². The molecule has 0 spiro atoms. The highest BCUT2D eigenvalue weighted by atomic mass is 32.2. The molecule has 146 valence electrons. The standard InChI is InChI=1S/C20H26N2O3S2/c1-20(2,3)14-8-9-17-13(10-14)11-18(26-17)19(23)21-15-6-5-7-16(12-15)22-27(4,24)25/h5-7,11-12,14,22H,8-10H2,1-4H3,(H,21,23). The Morgan fingerprint density at radius 1 is 1.19 bits per heavy atom. The summed E-state index contributed by atoms with van der Waals surface area (Å²) in [5.41, 5.74) is 2.56. The lowest BCUT2D eigenvalue weighted by Gasteiger charge is -2.33. The number of carbonyl (C=O) groups excluding carboxylic acids is 1. The van der Waals surface area contributed by atoms with E-state index < -0.39 is 10.0 Å². The molecule has 3 rings (SSSR count). The van der Waals surface area contributed by atoms with Gasteiger partial charge >= 0.3 is 0 Å². The van der Waals surface area contributed by atoms with Gasteiger partial charge in [0.05, 0.1) is 16.8 Å². The molecule has 2 N–H and O–H groups in total. The monoisotopic (exact) mass is 406 g/mol. The summed E-state index contributed by atoms with van der Waals surface area (Å²) in [6.07, 6.45) is 4.32. The second-order valence-electron chi connectivity index (χ2n) is 8.27. The van der Waals surface area contributed by atoms with Crippen LogP contribution in [0.1, 0.15) is 47.3 Å². The van der Waals surface area contributed by atoms with Gasteiger partial charge in [-0.05, 0) is 60.4 Å². The molecule has 0 saturated heterocycles. The van der Waals surface area contributed by atoms with Crippen LogP contribution in [0, 0.1) is 11.3 Å². The molecule has 1 aliphatic rings. The highest BCUT2D eigenvalue weighted by Crippen LogP contribution is 2.40. The number of rotatable bonds is 4. The lowest BCUT2D eigenvalue weighted by molar-refractivity contribution is 0.103. The topological polar surface area (TPSA) is 75.3 Å². The number of sulfonamides is 1. The summed E-state index contributed by atoms with van der Waals surface area (Å²) in [7, 11) is -3.35. The highest BCUT2D eigenvalue weighted by molar-refractivity contribution is 7.92. The Morgan fingerprint density at radius 3 is 2.56 bits per heavy atom. The molecule has 1 amide bonds. The Labute approximate surface area is 165 Å². The molecule has 1 atom stereocenters. The molecule has 1 heterocycles. The van der Waals surface area contributed by atoms with Crippen molar-refractivity contribution < 1.29 is 13.2 Å². The fourth-order valence-electron chi connectivity index (χ4n) is 3.44. The van der Waals surface area contributed by atoms with Crippen LogP contribution in [-0.4, -0.2) is 20.6 Å². The normalized spacial score (nSPS) is 17.3. The third-order valence-electron chi connectivity index (χ3n) is 4.96. The first kappa shape index (κ1) is 19.9. The number of thiophene rings is 1. The number of aryl methyl sites for hydroxylation is 1. The van der Waals surface area contributed by atoms with Gasteiger partial charge in [0, 0.05) is 10.6 Å². The van der Waals surface area contributed by atoms with Crippen molar-refractivity contribution in [2.24, 2.45) is 11.3 Å². The lowest BCUT2D eigenvalue weighted by atomic mass is 9.72. The smallest absolute Gasteiger partial charge is 0.265 e. The average Bonchev–Trinajstić information content (AvgIpc) is 2.96. The van der Waals surface area contributed by atoms with Crippen LogP contribution in [0.5, 0.6) is 0 Å². The molecule has 5 nitrogen and oxygen atoms in total. The number of nitrogens with one attached hydrogen (secondary N) is 2. The molecular formula is C20H26N2O3S2. The molecule has 7 heteroatoms. The first-order valence-corrected chi connectivity index (χ1v) is 11.7. The van der Waals surface area contributed by atoms with Crippen molar-refractivity contribution in [3.05, 3.63) is 45.6 Å². The molecule has 27 heavy (non-hydrogen) atoms. The molecule has 1 unspecified atom stereocenters. The highest BCUT2D eigenvalue weighted by Gasteiger charge is 2.30. The van der Waals surface area contributed by atoms with Crippen molar-refractivity contribution in [2.75, 3.05) is 16.3 Å². The van der Waals surface area contributed by atoms with E-state index in [9.17, 15) is 13.2 Å². The van der Waals surface area contributed by atoms with Crippen LogP contribution < -0.4 is 10.0 Å². The number of hydrogen-bond acceptors (Lipinski definition) is 4. The van der Waals surface area contributed by atoms with E-state index in [0.717, 1.165) is 25.5 Å². The number of benzene rings is 1. The second kappa shape index (κ2) is 7.28. The van der Waals surface area contributed by atoms with Gasteiger partial charge in [-0.1, -0.05) is 26.8 Å². The van der Waals surface area contributed by atoms with E-state index in [4.69, 9.17) is 0 Å². The van der Waals surface area contributed by atoms with Crippen LogP contribution >= 0.6 is 11.3 Å². The SMILES string of the molecule is CC(C)(C)C1CCc2sc(C(=O)Nc3cccc(NS(C)(=O)=O)c3)cc2C1. The number of amides is 1. The molecular weight excluding hydrogens is 380 g/mol. The lowest BCUT2D eigenvalue weighted by Crippen LogP contribution is -2.26. The van der Waals surface area contributed by atoms with Crippen molar-refractivity contribution in [3.63, 3.8) is 0 Å². The van der Waals surface area contributed by atoms with Gasteiger partial charge in [0.1, 0.15) is 0 Å². The number of hydrogen-bond donors (Lipinski definition) is 2. The average molecular weight is 407 g/mol. The zero-order valence-corrected chi connectivity index (χ0v) is 17.8. The molecule has 1 aromatic heterocycles. The largest absolute Gasteiger partial charge is 0.321 e. The fourth-order valence-corrected chi connectivity index (χ4v) is 5.10. The van der Waals surface area contributed by atoms with Crippen molar-refractivity contribution in [2.45, 2.75) is 40.0 Å². The van der Waals surface area contributed by atoms with Gasteiger partial charge in [-0.25, -0.2) is 8.42 Å². The maximum Gasteiger partial charge on any atom is 0.265 e. The fraction of sp³-hybridized carbons (Fsp3) is 0.450. The minimum absolute atomic E-state index is 0.154. The second-order valence-corrected chi connectivity index (χ2v) is 11.2. The Kier molecular flexibility index (Phi) is 5.36. The van der Waals surface area contributed by atoms with Gasteiger partial charge in [0.15, 0.2) is 0 Å². The summed E-state index contributed by atoms with van der Waals surface area (Å²) < 4.78 is 25.2. The van der Waals surface area contributed by atoms with Crippen molar-refractivity contribution >= 4 is 38.6 Å². The van der Waals surface area contributed by atoms with E-state index in [0.29, 0.717) is 22.2 Å². The molecule has 0 radical (unpaired) electrons. The molecule has 1 aliphatic carbocycles. The molecule has 0 aliphatic heterocycles. The summed E-state index contributed by atoms with van der Waals surface area (Å²) in [5.74, 6) is 0.479. The van der Waals surface area contributed by atoms with E-state index in [1.54, 1.807) is 35.6 Å². The van der Waals surface area contributed by atoms with Crippen molar-refractivity contribution in [1.82, 2.24) is 0 Å². The van der Waals surface area contributed by atoms with Crippen LogP contribution in [0.3, 0.4) is 0 Å². The first-order chi connectivity index (χ1) is 12.5. The predicted molar refractivity (Wildman–Crippen MR) is 112 cm³/mol. The summed E-state index contributed by atoms with van der Waals surface area (Å²) >= 11 is 1.57. The van der Waals surface area contributed by atoms with Crippen LogP contribution in [0.15, 0.2) is 30.3 Å². The Hall–Kier alpha value is -1.86. The minimum Gasteiger partial charge on any atom is -0.321 e. The first-order valence-electron chi connectivity index (χ1n) is 9.02. The molecule has 0 saturated carbocycles. The van der Waals surface area contributed by atoms with Gasteiger partial charge in [-0.15, -0.1) is 11.3 Å². The van der Waals surface area contributed by atoms with Crippen LogP contribution in [-0.2, 0) is 22.9 Å². The van der Waals surface area contributed by atoms with Crippen LogP contribution in [0.4, 0.5) is 11.4 Å². The van der Waals surface area contributed by atoms with Gasteiger partial charge in [-0.2, -0.15) is 0 Å².